The van der Waals surface area contributed by atoms with Gasteiger partial charge < -0.3 is 9.26 Å². The van der Waals surface area contributed by atoms with E-state index in [-0.39, 0.29) is 11.7 Å². The molecular weight excluding hydrogens is 312 g/mol. The first kappa shape index (κ1) is 15.9. The average Bonchev–Trinajstić information content (AvgIpc) is 3.22. The van der Waals surface area contributed by atoms with Crippen molar-refractivity contribution in [1.29, 1.82) is 0 Å². The second-order valence-electron chi connectivity index (χ2n) is 5.56. The zero-order valence-electron chi connectivity index (χ0n) is 13.2. The van der Waals surface area contributed by atoms with Gasteiger partial charge in [-0.2, -0.15) is 0 Å². The Morgan fingerprint density at radius 2 is 2.04 bits per heavy atom. The van der Waals surface area contributed by atoms with Crippen LogP contribution in [0.25, 0.3) is 11.3 Å². The highest BCUT2D eigenvalue weighted by Gasteiger charge is 2.27. The van der Waals surface area contributed by atoms with Gasteiger partial charge >= 0.3 is 5.97 Å². The predicted octanol–water partition coefficient (Wildman–Crippen LogP) is 1.96. The van der Waals surface area contributed by atoms with Crippen molar-refractivity contribution in [3.8, 4) is 11.3 Å². The number of carbonyl (C=O) groups excluding carboxylic acids is 3. The van der Waals surface area contributed by atoms with Crippen LogP contribution in [0.5, 0.6) is 0 Å². The molecule has 7 nitrogen and oxygen atoms in total. The molecular formula is C17H16N2O5. The zero-order chi connectivity index (χ0) is 17.1. The molecule has 0 radical (unpaired) electrons. The molecule has 0 unspecified atom stereocenters. The molecule has 1 aliphatic rings. The monoisotopic (exact) mass is 328 g/mol. The highest BCUT2D eigenvalue weighted by Crippen LogP contribution is 2.20. The lowest BCUT2D eigenvalue weighted by atomic mass is 10.1. The van der Waals surface area contributed by atoms with Crippen molar-refractivity contribution in [1.82, 2.24) is 10.1 Å². The van der Waals surface area contributed by atoms with Gasteiger partial charge in [0.2, 0.25) is 11.7 Å². The third kappa shape index (κ3) is 3.34. The van der Waals surface area contributed by atoms with Crippen molar-refractivity contribution in [2.45, 2.75) is 19.8 Å². The molecule has 0 spiro atoms. The molecule has 1 aliphatic heterocycles. The number of benzene rings is 1. The highest BCUT2D eigenvalue weighted by molar-refractivity contribution is 5.98. The number of imide groups is 1. The maximum atomic E-state index is 11.9. The molecule has 2 amide bonds. The van der Waals surface area contributed by atoms with Crippen molar-refractivity contribution in [3.63, 3.8) is 0 Å². The molecule has 3 rings (SSSR count). The van der Waals surface area contributed by atoms with E-state index in [0.29, 0.717) is 25.1 Å². The van der Waals surface area contributed by atoms with Crippen LogP contribution < -0.4 is 0 Å². The Bertz CT molecular complexity index is 779. The largest absolute Gasteiger partial charge is 0.450 e. The summed E-state index contributed by atoms with van der Waals surface area (Å²) in [5.74, 6) is -1.64. The molecule has 1 aromatic heterocycles. The maximum absolute atomic E-state index is 11.9. The molecule has 1 saturated heterocycles. The van der Waals surface area contributed by atoms with E-state index < -0.39 is 18.5 Å². The van der Waals surface area contributed by atoms with E-state index >= 15 is 0 Å². The van der Waals surface area contributed by atoms with E-state index in [1.807, 2.05) is 31.2 Å². The number of esters is 1. The van der Waals surface area contributed by atoms with E-state index in [1.165, 1.54) is 6.07 Å². The first-order valence-corrected chi connectivity index (χ1v) is 7.58. The number of aryl methyl sites for hydroxylation is 1. The number of carbonyl (C=O) groups is 3. The fourth-order valence-electron chi connectivity index (χ4n) is 2.42. The minimum absolute atomic E-state index is 0.0916. The Morgan fingerprint density at radius 3 is 2.71 bits per heavy atom. The Labute approximate surface area is 138 Å². The minimum atomic E-state index is -0.791. The summed E-state index contributed by atoms with van der Waals surface area (Å²) in [4.78, 5) is 36.3. The number of nitrogens with zero attached hydrogens (tertiary/aromatic N) is 2. The van der Waals surface area contributed by atoms with Gasteiger partial charge in [0.1, 0.15) is 5.69 Å². The van der Waals surface area contributed by atoms with E-state index in [1.54, 1.807) is 0 Å². The van der Waals surface area contributed by atoms with Crippen molar-refractivity contribution in [2.75, 3.05) is 13.2 Å². The number of hydrogen-bond donors (Lipinski definition) is 0. The number of aromatic nitrogens is 1. The van der Waals surface area contributed by atoms with E-state index in [2.05, 4.69) is 5.16 Å². The molecule has 1 fully saturated rings. The van der Waals surface area contributed by atoms with E-state index in [0.717, 1.165) is 16.0 Å². The summed E-state index contributed by atoms with van der Waals surface area (Å²) in [5, 5.41) is 3.83. The fraction of sp³-hybridized carbons (Fsp3) is 0.294. The average molecular weight is 328 g/mol. The van der Waals surface area contributed by atoms with Gasteiger partial charge in [0.25, 0.3) is 5.91 Å². The molecule has 2 heterocycles. The van der Waals surface area contributed by atoms with Crippen LogP contribution in [0.2, 0.25) is 0 Å². The van der Waals surface area contributed by atoms with Crippen LogP contribution in [0.1, 0.15) is 29.0 Å². The van der Waals surface area contributed by atoms with Crippen LogP contribution in [0.4, 0.5) is 0 Å². The lowest BCUT2D eigenvalue weighted by molar-refractivity contribution is -0.143. The molecule has 124 valence electrons. The summed E-state index contributed by atoms with van der Waals surface area (Å²) in [5.41, 5.74) is 2.42. The van der Waals surface area contributed by atoms with Crippen molar-refractivity contribution >= 4 is 17.8 Å². The molecule has 0 bridgehead atoms. The van der Waals surface area contributed by atoms with Crippen LogP contribution in [0.3, 0.4) is 0 Å². The summed E-state index contributed by atoms with van der Waals surface area (Å²) in [6.07, 6.45) is 0.988. The van der Waals surface area contributed by atoms with Gasteiger partial charge in [-0.3, -0.25) is 14.5 Å². The van der Waals surface area contributed by atoms with Gasteiger partial charge in [-0.1, -0.05) is 35.0 Å². The topological polar surface area (TPSA) is 89.7 Å². The van der Waals surface area contributed by atoms with Crippen LogP contribution in [-0.2, 0) is 14.3 Å². The Kier molecular flexibility index (Phi) is 4.41. The maximum Gasteiger partial charge on any atom is 0.377 e. The Morgan fingerprint density at radius 1 is 1.29 bits per heavy atom. The molecule has 24 heavy (non-hydrogen) atoms. The van der Waals surface area contributed by atoms with Crippen LogP contribution >= 0.6 is 0 Å². The Hall–Kier alpha value is -2.96. The summed E-state index contributed by atoms with van der Waals surface area (Å²) in [6, 6.07) is 9.04. The number of amides is 2. The summed E-state index contributed by atoms with van der Waals surface area (Å²) in [6.45, 7) is 1.84. The van der Waals surface area contributed by atoms with Gasteiger partial charge in [-0.15, -0.1) is 0 Å². The normalized spacial score (nSPS) is 14.0. The molecule has 0 N–H and O–H groups in total. The number of rotatable bonds is 4. The number of likely N-dealkylation sites (tertiary alicyclic amines) is 1. The molecule has 7 heteroatoms. The SMILES string of the molecule is Cc1ccc(-c2cc(C(=O)OCC(=O)N3CCCC3=O)on2)cc1. The lowest BCUT2D eigenvalue weighted by Crippen LogP contribution is -2.35. The number of ether oxygens (including phenoxy) is 1. The van der Waals surface area contributed by atoms with Crippen molar-refractivity contribution in [2.24, 2.45) is 0 Å². The third-order valence-electron chi connectivity index (χ3n) is 3.76. The lowest BCUT2D eigenvalue weighted by Gasteiger charge is -2.12. The zero-order valence-corrected chi connectivity index (χ0v) is 13.2. The predicted molar refractivity (Wildman–Crippen MR) is 82.9 cm³/mol. The van der Waals surface area contributed by atoms with Gasteiger partial charge in [0.15, 0.2) is 6.61 Å². The highest BCUT2D eigenvalue weighted by atomic mass is 16.6. The second-order valence-corrected chi connectivity index (χ2v) is 5.56. The molecule has 1 aromatic carbocycles. The molecule has 0 atom stereocenters. The van der Waals surface area contributed by atoms with Gasteiger partial charge in [0.05, 0.1) is 0 Å². The van der Waals surface area contributed by atoms with Crippen molar-refractivity contribution < 1.29 is 23.6 Å². The summed E-state index contributed by atoms with van der Waals surface area (Å²) in [7, 11) is 0. The minimum Gasteiger partial charge on any atom is -0.450 e. The van der Waals surface area contributed by atoms with Crippen LogP contribution in [-0.4, -0.2) is 41.0 Å². The van der Waals surface area contributed by atoms with E-state index in [4.69, 9.17) is 9.26 Å². The molecule has 2 aromatic rings. The standard InChI is InChI=1S/C17H16N2O5/c1-11-4-6-12(7-5-11)13-9-14(24-18-13)17(22)23-10-16(21)19-8-2-3-15(19)20/h4-7,9H,2-3,8,10H2,1H3. The van der Waals surface area contributed by atoms with Crippen LogP contribution in [0.15, 0.2) is 34.9 Å². The van der Waals surface area contributed by atoms with Crippen LogP contribution in [0, 0.1) is 6.92 Å². The smallest absolute Gasteiger partial charge is 0.377 e. The third-order valence-corrected chi connectivity index (χ3v) is 3.76. The fourth-order valence-corrected chi connectivity index (χ4v) is 2.42. The molecule has 0 aliphatic carbocycles. The van der Waals surface area contributed by atoms with Gasteiger partial charge in [0, 0.05) is 24.6 Å². The van der Waals surface area contributed by atoms with E-state index in [9.17, 15) is 14.4 Å². The molecule has 0 saturated carbocycles. The summed E-state index contributed by atoms with van der Waals surface area (Å²) < 4.78 is 9.88. The number of hydrogen-bond acceptors (Lipinski definition) is 6. The summed E-state index contributed by atoms with van der Waals surface area (Å²) >= 11 is 0. The van der Waals surface area contributed by atoms with Gasteiger partial charge in [-0.25, -0.2) is 4.79 Å². The first-order valence-electron chi connectivity index (χ1n) is 7.58. The second kappa shape index (κ2) is 6.66. The first-order chi connectivity index (χ1) is 11.5. The quantitative estimate of drug-likeness (QED) is 0.797. The van der Waals surface area contributed by atoms with Gasteiger partial charge in [-0.05, 0) is 13.3 Å². The van der Waals surface area contributed by atoms with Crippen molar-refractivity contribution in [3.05, 3.63) is 41.7 Å². The Balaban J connectivity index is 1.60.